The van der Waals surface area contributed by atoms with Crippen LogP contribution in [0.1, 0.15) is 12.5 Å². The van der Waals surface area contributed by atoms with Crippen LogP contribution in [-0.2, 0) is 11.0 Å². The average molecular weight is 437 g/mol. The van der Waals surface area contributed by atoms with Crippen molar-refractivity contribution in [1.29, 1.82) is 0 Å². The first-order chi connectivity index (χ1) is 14.3. The normalized spacial score (nSPS) is 13.9. The van der Waals surface area contributed by atoms with Crippen LogP contribution in [0.25, 0.3) is 11.5 Å². The van der Waals surface area contributed by atoms with Gasteiger partial charge in [0.05, 0.1) is 10.8 Å². The molecule has 7 nitrogen and oxygen atoms in total. The molecule has 1 N–H and O–H groups in total. The molecule has 0 spiro atoms. The van der Waals surface area contributed by atoms with Gasteiger partial charge in [0.1, 0.15) is 0 Å². The van der Waals surface area contributed by atoms with Gasteiger partial charge in [-0.05, 0) is 43.3 Å². The van der Waals surface area contributed by atoms with Gasteiger partial charge >= 0.3 is 6.18 Å². The van der Waals surface area contributed by atoms with Crippen molar-refractivity contribution in [2.24, 2.45) is 0 Å². The lowest BCUT2D eigenvalue weighted by Gasteiger charge is -2.12. The summed E-state index contributed by atoms with van der Waals surface area (Å²) >= 11 is 0.991. The number of thioether (sulfide) groups is 1. The summed E-state index contributed by atoms with van der Waals surface area (Å²) in [6.07, 6.45) is -4.49. The minimum absolute atomic E-state index is 0.0499. The van der Waals surface area contributed by atoms with E-state index in [4.69, 9.17) is 13.9 Å². The van der Waals surface area contributed by atoms with E-state index in [1.807, 2.05) is 0 Å². The zero-order valence-corrected chi connectivity index (χ0v) is 16.2. The molecule has 156 valence electrons. The number of anilines is 1. The van der Waals surface area contributed by atoms with E-state index in [2.05, 4.69) is 15.5 Å². The van der Waals surface area contributed by atoms with Crippen LogP contribution in [0, 0.1) is 0 Å². The average Bonchev–Trinajstić information content (AvgIpc) is 3.36. The van der Waals surface area contributed by atoms with Gasteiger partial charge in [0.15, 0.2) is 11.5 Å². The van der Waals surface area contributed by atoms with Gasteiger partial charge in [0.25, 0.3) is 5.22 Å². The number of carbonyl (C=O) groups is 1. The number of aromatic nitrogens is 2. The molecule has 2 aromatic carbocycles. The minimum atomic E-state index is -4.49. The molecular formula is C19H14F3N3O4S. The molecule has 0 bridgehead atoms. The molecule has 0 fully saturated rings. The molecule has 1 aromatic heterocycles. The zero-order valence-electron chi connectivity index (χ0n) is 15.4. The monoisotopic (exact) mass is 437 g/mol. The Balaban J connectivity index is 1.41. The van der Waals surface area contributed by atoms with Crippen molar-refractivity contribution >= 4 is 23.4 Å². The van der Waals surface area contributed by atoms with E-state index in [1.165, 1.54) is 12.1 Å². The summed E-state index contributed by atoms with van der Waals surface area (Å²) < 4.78 is 54.6. The van der Waals surface area contributed by atoms with E-state index in [-0.39, 0.29) is 23.6 Å². The number of alkyl halides is 3. The number of ether oxygens (including phenoxy) is 2. The molecule has 1 amide bonds. The lowest BCUT2D eigenvalue weighted by atomic mass is 10.2. The standard InChI is InChI=1S/C19H14F3N3O4S/c1-10(16(26)23-13-4-2-3-12(8-13)19(20,21)22)30-18-25-24-17(29-18)11-5-6-14-15(7-11)28-9-27-14/h2-8,10H,9H2,1H3,(H,23,26). The second kappa shape index (κ2) is 7.90. The maximum atomic E-state index is 12.8. The van der Waals surface area contributed by atoms with E-state index in [9.17, 15) is 18.0 Å². The Bertz CT molecular complexity index is 1090. The molecule has 1 aliphatic rings. The number of benzene rings is 2. The van der Waals surface area contributed by atoms with Gasteiger partial charge in [-0.3, -0.25) is 4.79 Å². The third kappa shape index (κ3) is 4.35. The number of carbonyl (C=O) groups excluding carboxylic acids is 1. The van der Waals surface area contributed by atoms with Crippen LogP contribution in [0.4, 0.5) is 18.9 Å². The molecule has 1 aliphatic heterocycles. The lowest BCUT2D eigenvalue weighted by Crippen LogP contribution is -2.22. The van der Waals surface area contributed by atoms with E-state index >= 15 is 0 Å². The van der Waals surface area contributed by atoms with Crippen molar-refractivity contribution < 1.29 is 31.9 Å². The van der Waals surface area contributed by atoms with Crippen molar-refractivity contribution in [3.8, 4) is 23.0 Å². The third-order valence-corrected chi connectivity index (χ3v) is 5.06. The minimum Gasteiger partial charge on any atom is -0.454 e. The number of nitrogens with zero attached hydrogens (tertiary/aromatic N) is 2. The van der Waals surface area contributed by atoms with Crippen LogP contribution in [0.3, 0.4) is 0 Å². The molecule has 30 heavy (non-hydrogen) atoms. The number of amides is 1. The largest absolute Gasteiger partial charge is 0.454 e. The highest BCUT2D eigenvalue weighted by atomic mass is 32.2. The van der Waals surface area contributed by atoms with Gasteiger partial charge in [-0.25, -0.2) is 0 Å². The summed E-state index contributed by atoms with van der Waals surface area (Å²) in [7, 11) is 0. The predicted octanol–water partition coefficient (Wildman–Crippen LogP) is 4.60. The Labute approximate surface area is 172 Å². The zero-order chi connectivity index (χ0) is 21.3. The fourth-order valence-corrected chi connectivity index (χ4v) is 3.31. The summed E-state index contributed by atoms with van der Waals surface area (Å²) in [5.41, 5.74) is -0.167. The summed E-state index contributed by atoms with van der Waals surface area (Å²) in [5.74, 6) is 0.921. The molecule has 0 radical (unpaired) electrons. The van der Waals surface area contributed by atoms with Crippen molar-refractivity contribution in [1.82, 2.24) is 10.2 Å². The van der Waals surface area contributed by atoms with E-state index in [0.717, 1.165) is 23.9 Å². The molecule has 3 aromatic rings. The fourth-order valence-electron chi connectivity index (χ4n) is 2.63. The third-order valence-electron chi connectivity index (χ3n) is 4.13. The van der Waals surface area contributed by atoms with Crippen molar-refractivity contribution in [2.45, 2.75) is 23.6 Å². The summed E-state index contributed by atoms with van der Waals surface area (Å²) in [6.45, 7) is 1.72. The number of rotatable bonds is 5. The summed E-state index contributed by atoms with van der Waals surface area (Å²) in [4.78, 5) is 12.3. The SMILES string of the molecule is CC(Sc1nnc(-c2ccc3c(c2)OCO3)o1)C(=O)Nc1cccc(C(F)(F)F)c1. The molecule has 11 heteroatoms. The van der Waals surface area contributed by atoms with Crippen molar-refractivity contribution in [3.05, 3.63) is 48.0 Å². The quantitative estimate of drug-likeness (QED) is 0.584. The molecule has 0 saturated carbocycles. The Kier molecular flexibility index (Phi) is 5.29. The topological polar surface area (TPSA) is 86.5 Å². The molecule has 0 saturated heterocycles. The van der Waals surface area contributed by atoms with Gasteiger partial charge in [0, 0.05) is 11.3 Å². The highest BCUT2D eigenvalue weighted by Gasteiger charge is 2.30. The predicted molar refractivity (Wildman–Crippen MR) is 101 cm³/mol. The number of hydrogen-bond acceptors (Lipinski definition) is 7. The second-order valence-corrected chi connectivity index (χ2v) is 7.56. The van der Waals surface area contributed by atoms with Gasteiger partial charge in [-0.15, -0.1) is 10.2 Å². The van der Waals surface area contributed by atoms with Crippen LogP contribution >= 0.6 is 11.8 Å². The maximum Gasteiger partial charge on any atom is 0.416 e. The Morgan fingerprint density at radius 3 is 2.73 bits per heavy atom. The van der Waals surface area contributed by atoms with Gasteiger partial charge in [-0.2, -0.15) is 13.2 Å². The Morgan fingerprint density at radius 1 is 1.13 bits per heavy atom. The first-order valence-corrected chi connectivity index (χ1v) is 9.56. The molecular weight excluding hydrogens is 423 g/mol. The first kappa shape index (κ1) is 20.1. The molecule has 2 heterocycles. The maximum absolute atomic E-state index is 12.8. The van der Waals surface area contributed by atoms with Crippen LogP contribution in [-0.4, -0.2) is 28.1 Å². The van der Waals surface area contributed by atoms with E-state index in [1.54, 1.807) is 25.1 Å². The van der Waals surface area contributed by atoms with E-state index in [0.29, 0.717) is 17.1 Å². The summed E-state index contributed by atoms with van der Waals surface area (Å²) in [6, 6.07) is 9.58. The summed E-state index contributed by atoms with van der Waals surface area (Å²) in [5, 5.41) is 9.78. The highest BCUT2D eigenvalue weighted by molar-refractivity contribution is 8.00. The molecule has 0 aliphatic carbocycles. The molecule has 1 unspecified atom stereocenters. The van der Waals surface area contributed by atoms with Crippen molar-refractivity contribution in [3.63, 3.8) is 0 Å². The lowest BCUT2D eigenvalue weighted by molar-refractivity contribution is -0.137. The van der Waals surface area contributed by atoms with Crippen LogP contribution in [0.15, 0.2) is 52.1 Å². The van der Waals surface area contributed by atoms with Gasteiger partial charge < -0.3 is 19.2 Å². The van der Waals surface area contributed by atoms with Crippen LogP contribution in [0.2, 0.25) is 0 Å². The van der Waals surface area contributed by atoms with Gasteiger partial charge in [-0.1, -0.05) is 17.8 Å². The van der Waals surface area contributed by atoms with Crippen LogP contribution < -0.4 is 14.8 Å². The smallest absolute Gasteiger partial charge is 0.416 e. The van der Waals surface area contributed by atoms with Crippen molar-refractivity contribution in [2.75, 3.05) is 12.1 Å². The fraction of sp³-hybridized carbons (Fsp3) is 0.211. The Morgan fingerprint density at radius 2 is 1.93 bits per heavy atom. The van der Waals surface area contributed by atoms with E-state index < -0.39 is 22.9 Å². The highest BCUT2D eigenvalue weighted by Crippen LogP contribution is 2.36. The molecule has 1 atom stereocenters. The number of halogens is 3. The number of fused-ring (bicyclic) bond motifs is 1. The first-order valence-electron chi connectivity index (χ1n) is 8.68. The van der Waals surface area contributed by atoms with Gasteiger partial charge in [0.2, 0.25) is 18.6 Å². The number of hydrogen-bond donors (Lipinski definition) is 1. The Hall–Kier alpha value is -3.21. The number of nitrogens with one attached hydrogen (secondary N) is 1. The second-order valence-electron chi connectivity index (χ2n) is 6.27. The van der Waals surface area contributed by atoms with Crippen LogP contribution in [0.5, 0.6) is 11.5 Å². The molecule has 4 rings (SSSR count).